The Bertz CT molecular complexity index is 337. The zero-order valence-corrected chi connectivity index (χ0v) is 10.0. The van der Waals surface area contributed by atoms with Gasteiger partial charge in [0, 0.05) is 6.61 Å². The first kappa shape index (κ1) is 13.0. The van der Waals surface area contributed by atoms with Gasteiger partial charge in [-0.25, -0.2) is 4.39 Å². The second-order valence-electron chi connectivity index (χ2n) is 4.36. The molecule has 0 aliphatic rings. The first-order valence-corrected chi connectivity index (χ1v) is 5.51. The molecule has 0 bridgehead atoms. The molecule has 0 heterocycles. The van der Waals surface area contributed by atoms with Gasteiger partial charge in [0.2, 0.25) is 0 Å². The third-order valence-electron chi connectivity index (χ3n) is 2.89. The van der Waals surface area contributed by atoms with Crippen molar-refractivity contribution in [2.24, 2.45) is 11.8 Å². The van der Waals surface area contributed by atoms with Gasteiger partial charge in [-0.15, -0.1) is 0 Å². The molecule has 0 saturated heterocycles. The van der Waals surface area contributed by atoms with Gasteiger partial charge in [-0.1, -0.05) is 19.9 Å². The molecule has 0 aliphatic heterocycles. The number of benzene rings is 1. The minimum absolute atomic E-state index is 0.130. The molecule has 0 aliphatic carbocycles. The van der Waals surface area contributed by atoms with E-state index in [0.717, 1.165) is 5.56 Å². The molecule has 0 fully saturated rings. The zero-order valence-electron chi connectivity index (χ0n) is 10.0. The van der Waals surface area contributed by atoms with E-state index in [-0.39, 0.29) is 24.1 Å². The van der Waals surface area contributed by atoms with Crippen molar-refractivity contribution < 1.29 is 14.2 Å². The third kappa shape index (κ3) is 3.20. The quantitative estimate of drug-likeness (QED) is 0.836. The van der Waals surface area contributed by atoms with Crippen molar-refractivity contribution in [2.75, 3.05) is 13.7 Å². The molecule has 0 aromatic heterocycles. The van der Waals surface area contributed by atoms with Crippen LogP contribution in [0.3, 0.4) is 0 Å². The summed E-state index contributed by atoms with van der Waals surface area (Å²) in [6.45, 7) is 4.24. The van der Waals surface area contributed by atoms with E-state index < -0.39 is 0 Å². The summed E-state index contributed by atoms with van der Waals surface area (Å²) < 4.78 is 18.3. The molecule has 1 atom stereocenters. The van der Waals surface area contributed by atoms with Crippen molar-refractivity contribution >= 4 is 0 Å². The second-order valence-corrected chi connectivity index (χ2v) is 4.36. The first-order valence-electron chi connectivity index (χ1n) is 5.51. The predicted octanol–water partition coefficient (Wildman–Crippen LogP) is 2.64. The SMILES string of the molecule is COc1ccc(CC(CO)C(C)C)cc1F. The highest BCUT2D eigenvalue weighted by atomic mass is 19.1. The van der Waals surface area contributed by atoms with Gasteiger partial charge in [-0.3, -0.25) is 0 Å². The van der Waals surface area contributed by atoms with Crippen LogP contribution in [0.5, 0.6) is 5.75 Å². The molecule has 0 saturated carbocycles. The van der Waals surface area contributed by atoms with E-state index in [0.29, 0.717) is 12.3 Å². The van der Waals surface area contributed by atoms with Crippen molar-refractivity contribution in [3.8, 4) is 5.75 Å². The normalized spacial score (nSPS) is 12.9. The molecule has 1 aromatic rings. The first-order chi connectivity index (χ1) is 7.58. The molecular weight excluding hydrogens is 207 g/mol. The van der Waals surface area contributed by atoms with Crippen molar-refractivity contribution in [2.45, 2.75) is 20.3 Å². The van der Waals surface area contributed by atoms with Gasteiger partial charge in [-0.05, 0) is 36.0 Å². The summed E-state index contributed by atoms with van der Waals surface area (Å²) >= 11 is 0. The number of hydrogen-bond acceptors (Lipinski definition) is 2. The minimum Gasteiger partial charge on any atom is -0.494 e. The summed E-state index contributed by atoms with van der Waals surface area (Å²) in [6, 6.07) is 4.94. The van der Waals surface area contributed by atoms with Gasteiger partial charge in [0.05, 0.1) is 7.11 Å². The largest absolute Gasteiger partial charge is 0.494 e. The van der Waals surface area contributed by atoms with Gasteiger partial charge in [0.1, 0.15) is 0 Å². The number of aliphatic hydroxyl groups is 1. The van der Waals surface area contributed by atoms with Crippen LogP contribution in [-0.2, 0) is 6.42 Å². The molecule has 90 valence electrons. The van der Waals surface area contributed by atoms with E-state index in [1.165, 1.54) is 13.2 Å². The fourth-order valence-electron chi connectivity index (χ4n) is 1.65. The molecule has 1 unspecified atom stereocenters. The highest BCUT2D eigenvalue weighted by molar-refractivity contribution is 5.29. The lowest BCUT2D eigenvalue weighted by molar-refractivity contribution is 0.189. The van der Waals surface area contributed by atoms with E-state index in [2.05, 4.69) is 13.8 Å². The zero-order chi connectivity index (χ0) is 12.1. The van der Waals surface area contributed by atoms with Crippen molar-refractivity contribution in [3.05, 3.63) is 29.6 Å². The number of ether oxygens (including phenoxy) is 1. The number of halogens is 1. The Morgan fingerprint density at radius 1 is 1.38 bits per heavy atom. The maximum Gasteiger partial charge on any atom is 0.165 e. The van der Waals surface area contributed by atoms with Crippen LogP contribution < -0.4 is 4.74 Å². The van der Waals surface area contributed by atoms with E-state index in [1.807, 2.05) is 6.07 Å². The number of methoxy groups -OCH3 is 1. The van der Waals surface area contributed by atoms with Crippen LogP contribution in [0.1, 0.15) is 19.4 Å². The van der Waals surface area contributed by atoms with E-state index in [1.54, 1.807) is 6.07 Å². The summed E-state index contributed by atoms with van der Waals surface area (Å²) in [7, 11) is 1.45. The average Bonchev–Trinajstić information content (AvgIpc) is 2.25. The van der Waals surface area contributed by atoms with Gasteiger partial charge in [0.15, 0.2) is 11.6 Å². The summed E-state index contributed by atoms with van der Waals surface area (Å²) in [4.78, 5) is 0. The Morgan fingerprint density at radius 3 is 2.50 bits per heavy atom. The number of rotatable bonds is 5. The van der Waals surface area contributed by atoms with Crippen LogP contribution >= 0.6 is 0 Å². The van der Waals surface area contributed by atoms with Crippen molar-refractivity contribution in [1.82, 2.24) is 0 Å². The lowest BCUT2D eigenvalue weighted by atomic mass is 9.90. The highest BCUT2D eigenvalue weighted by Crippen LogP contribution is 2.22. The van der Waals surface area contributed by atoms with Gasteiger partial charge in [-0.2, -0.15) is 0 Å². The maximum atomic E-state index is 13.4. The number of aliphatic hydroxyl groups excluding tert-OH is 1. The van der Waals surface area contributed by atoms with Gasteiger partial charge < -0.3 is 9.84 Å². The standard InChI is InChI=1S/C13H19FO2/c1-9(2)11(8-15)6-10-4-5-13(16-3)12(14)7-10/h4-5,7,9,11,15H,6,8H2,1-3H3. The van der Waals surface area contributed by atoms with Crippen LogP contribution in [0, 0.1) is 17.7 Å². The molecule has 1 N–H and O–H groups in total. The maximum absolute atomic E-state index is 13.4. The fraction of sp³-hybridized carbons (Fsp3) is 0.538. The third-order valence-corrected chi connectivity index (χ3v) is 2.89. The molecule has 16 heavy (non-hydrogen) atoms. The van der Waals surface area contributed by atoms with Crippen LogP contribution in [-0.4, -0.2) is 18.8 Å². The monoisotopic (exact) mass is 226 g/mol. The van der Waals surface area contributed by atoms with Gasteiger partial charge >= 0.3 is 0 Å². The minimum atomic E-state index is -0.347. The summed E-state index contributed by atoms with van der Waals surface area (Å²) in [6.07, 6.45) is 0.690. The Kier molecular flexibility index (Phi) is 4.74. The van der Waals surface area contributed by atoms with E-state index in [4.69, 9.17) is 4.74 Å². The average molecular weight is 226 g/mol. The molecule has 2 nitrogen and oxygen atoms in total. The topological polar surface area (TPSA) is 29.5 Å². The van der Waals surface area contributed by atoms with Crippen molar-refractivity contribution in [3.63, 3.8) is 0 Å². The molecule has 0 spiro atoms. The molecule has 1 aromatic carbocycles. The highest BCUT2D eigenvalue weighted by Gasteiger charge is 2.14. The molecular formula is C13H19FO2. The lowest BCUT2D eigenvalue weighted by Crippen LogP contribution is -2.16. The van der Waals surface area contributed by atoms with E-state index >= 15 is 0 Å². The fourth-order valence-corrected chi connectivity index (χ4v) is 1.65. The van der Waals surface area contributed by atoms with Crippen LogP contribution in [0.2, 0.25) is 0 Å². The van der Waals surface area contributed by atoms with Crippen molar-refractivity contribution in [1.29, 1.82) is 0 Å². The summed E-state index contributed by atoms with van der Waals surface area (Å²) in [5, 5.41) is 9.21. The summed E-state index contributed by atoms with van der Waals surface area (Å²) in [5.41, 5.74) is 0.894. The second kappa shape index (κ2) is 5.85. The Balaban J connectivity index is 2.78. The summed E-state index contributed by atoms with van der Waals surface area (Å²) in [5.74, 6) is 0.470. The Labute approximate surface area is 96.1 Å². The van der Waals surface area contributed by atoms with Crippen LogP contribution in [0.4, 0.5) is 4.39 Å². The molecule has 0 radical (unpaired) electrons. The Morgan fingerprint density at radius 2 is 2.06 bits per heavy atom. The molecule has 0 amide bonds. The Hall–Kier alpha value is -1.09. The molecule has 3 heteroatoms. The van der Waals surface area contributed by atoms with E-state index in [9.17, 15) is 9.50 Å². The smallest absolute Gasteiger partial charge is 0.165 e. The van der Waals surface area contributed by atoms with Crippen LogP contribution in [0.25, 0.3) is 0 Å². The number of hydrogen-bond donors (Lipinski definition) is 1. The van der Waals surface area contributed by atoms with Crippen LogP contribution in [0.15, 0.2) is 18.2 Å². The molecule has 1 rings (SSSR count). The van der Waals surface area contributed by atoms with Gasteiger partial charge in [0.25, 0.3) is 0 Å². The predicted molar refractivity (Wildman–Crippen MR) is 62.1 cm³/mol. The lowest BCUT2D eigenvalue weighted by Gasteiger charge is -2.18.